The van der Waals surface area contributed by atoms with E-state index in [1.807, 2.05) is 7.05 Å². The van der Waals surface area contributed by atoms with Crippen molar-refractivity contribution in [2.75, 3.05) is 7.05 Å². The molecule has 98 valence electrons. The van der Waals surface area contributed by atoms with Crippen molar-refractivity contribution in [1.29, 1.82) is 0 Å². The van der Waals surface area contributed by atoms with E-state index < -0.39 is 16.4 Å². The van der Waals surface area contributed by atoms with Gasteiger partial charge in [0.15, 0.2) is 0 Å². The number of nitro benzene ring substituents is 1. The Balaban J connectivity index is 2.19. The van der Waals surface area contributed by atoms with Crippen molar-refractivity contribution in [2.45, 2.75) is 31.7 Å². The fourth-order valence-electron chi connectivity index (χ4n) is 2.81. The first-order valence-electron chi connectivity index (χ1n) is 6.22. The van der Waals surface area contributed by atoms with Crippen molar-refractivity contribution in [3.63, 3.8) is 0 Å². The van der Waals surface area contributed by atoms with Crippen LogP contribution in [0, 0.1) is 21.8 Å². The van der Waals surface area contributed by atoms with Crippen LogP contribution in [0.25, 0.3) is 0 Å². The van der Waals surface area contributed by atoms with Gasteiger partial charge in [0.2, 0.25) is 5.82 Å². The Kier molecular flexibility index (Phi) is 3.91. The lowest BCUT2D eigenvalue weighted by Gasteiger charge is -2.19. The molecule has 0 saturated heterocycles. The molecule has 0 bridgehead atoms. The van der Waals surface area contributed by atoms with E-state index in [9.17, 15) is 14.5 Å². The lowest BCUT2D eigenvalue weighted by Crippen LogP contribution is -2.30. The summed E-state index contributed by atoms with van der Waals surface area (Å²) in [6.45, 7) is 0. The zero-order chi connectivity index (χ0) is 13.1. The Bertz CT molecular complexity index is 451. The van der Waals surface area contributed by atoms with Crippen LogP contribution >= 0.6 is 0 Å². The van der Waals surface area contributed by atoms with E-state index in [1.54, 1.807) is 12.1 Å². The highest BCUT2D eigenvalue weighted by Crippen LogP contribution is 2.31. The van der Waals surface area contributed by atoms with Crippen molar-refractivity contribution in [3.8, 4) is 0 Å². The van der Waals surface area contributed by atoms with Crippen LogP contribution < -0.4 is 5.32 Å². The highest BCUT2D eigenvalue weighted by molar-refractivity contribution is 5.37. The number of rotatable bonds is 4. The molecule has 0 amide bonds. The molecule has 0 aliphatic heterocycles. The van der Waals surface area contributed by atoms with Crippen LogP contribution in [0.2, 0.25) is 0 Å². The van der Waals surface area contributed by atoms with E-state index in [0.717, 1.165) is 19.3 Å². The number of nitro groups is 1. The predicted octanol–water partition coefficient (Wildman–Crippen LogP) is 2.66. The Labute approximate surface area is 105 Å². The third kappa shape index (κ3) is 2.51. The van der Waals surface area contributed by atoms with Gasteiger partial charge < -0.3 is 5.32 Å². The van der Waals surface area contributed by atoms with Gasteiger partial charge in [0.1, 0.15) is 0 Å². The van der Waals surface area contributed by atoms with Crippen LogP contribution in [0.15, 0.2) is 18.2 Å². The molecule has 1 saturated carbocycles. The zero-order valence-electron chi connectivity index (χ0n) is 10.4. The molecule has 1 aromatic carbocycles. The second-order valence-electron chi connectivity index (χ2n) is 4.80. The Morgan fingerprint density at radius 1 is 1.50 bits per heavy atom. The van der Waals surface area contributed by atoms with Crippen LogP contribution in [-0.2, 0) is 6.42 Å². The minimum Gasteiger partial charge on any atom is -0.317 e. The van der Waals surface area contributed by atoms with Gasteiger partial charge in [-0.2, -0.15) is 4.39 Å². The highest BCUT2D eigenvalue weighted by Gasteiger charge is 2.28. The molecular weight excluding hydrogens is 235 g/mol. The molecule has 1 aliphatic carbocycles. The molecule has 2 rings (SSSR count). The minimum atomic E-state index is -0.677. The fraction of sp³-hybridized carbons (Fsp3) is 0.538. The largest absolute Gasteiger partial charge is 0.317 e. The van der Waals surface area contributed by atoms with Crippen LogP contribution in [0.4, 0.5) is 10.1 Å². The molecular formula is C13H17FN2O2. The number of hydrogen-bond acceptors (Lipinski definition) is 3. The van der Waals surface area contributed by atoms with Crippen LogP contribution in [0.1, 0.15) is 24.8 Å². The Morgan fingerprint density at radius 3 is 2.94 bits per heavy atom. The van der Waals surface area contributed by atoms with E-state index in [2.05, 4.69) is 5.32 Å². The molecule has 5 heteroatoms. The summed E-state index contributed by atoms with van der Waals surface area (Å²) in [6.07, 6.45) is 3.84. The van der Waals surface area contributed by atoms with Crippen molar-refractivity contribution < 1.29 is 9.31 Å². The zero-order valence-corrected chi connectivity index (χ0v) is 10.4. The van der Waals surface area contributed by atoms with E-state index in [-0.39, 0.29) is 0 Å². The standard InChI is InChI=1S/C13H17FN2O2/c1-15-11-6-2-4-9(11)8-10-5-3-7-12(13(10)14)16(17)18/h3,5,7,9,11,15H,2,4,6,8H2,1H3. The average Bonchev–Trinajstić information content (AvgIpc) is 2.78. The smallest absolute Gasteiger partial charge is 0.305 e. The van der Waals surface area contributed by atoms with Gasteiger partial charge in [0.25, 0.3) is 0 Å². The first-order valence-corrected chi connectivity index (χ1v) is 6.22. The van der Waals surface area contributed by atoms with Crippen LogP contribution in [-0.4, -0.2) is 18.0 Å². The molecule has 0 aromatic heterocycles. The number of benzene rings is 1. The average molecular weight is 252 g/mol. The Morgan fingerprint density at radius 2 is 2.28 bits per heavy atom. The third-order valence-corrected chi connectivity index (χ3v) is 3.77. The number of nitrogens with one attached hydrogen (secondary N) is 1. The van der Waals surface area contributed by atoms with Gasteiger partial charge in [0.05, 0.1) is 4.92 Å². The van der Waals surface area contributed by atoms with E-state index >= 15 is 0 Å². The summed E-state index contributed by atoms with van der Waals surface area (Å²) in [5, 5.41) is 13.9. The predicted molar refractivity (Wildman–Crippen MR) is 66.9 cm³/mol. The summed E-state index contributed by atoms with van der Waals surface area (Å²) < 4.78 is 13.9. The molecule has 1 fully saturated rings. The summed E-state index contributed by atoms with van der Waals surface area (Å²) in [7, 11) is 1.91. The molecule has 0 radical (unpaired) electrons. The lowest BCUT2D eigenvalue weighted by molar-refractivity contribution is -0.387. The van der Waals surface area contributed by atoms with Gasteiger partial charge in [0, 0.05) is 12.1 Å². The number of hydrogen-bond donors (Lipinski definition) is 1. The minimum absolute atomic E-state index is 0.367. The summed E-state index contributed by atoms with van der Waals surface area (Å²) in [4.78, 5) is 10.0. The maximum atomic E-state index is 13.9. The second-order valence-corrected chi connectivity index (χ2v) is 4.80. The van der Waals surface area contributed by atoms with Crippen LogP contribution in [0.5, 0.6) is 0 Å². The number of halogens is 1. The monoisotopic (exact) mass is 252 g/mol. The van der Waals surface area contributed by atoms with Crippen molar-refractivity contribution in [3.05, 3.63) is 39.7 Å². The summed E-state index contributed by atoms with van der Waals surface area (Å²) >= 11 is 0. The van der Waals surface area contributed by atoms with E-state index in [1.165, 1.54) is 6.07 Å². The van der Waals surface area contributed by atoms with Crippen molar-refractivity contribution >= 4 is 5.69 Å². The van der Waals surface area contributed by atoms with Gasteiger partial charge in [-0.15, -0.1) is 0 Å². The molecule has 2 atom stereocenters. The maximum Gasteiger partial charge on any atom is 0.305 e. The van der Waals surface area contributed by atoms with Crippen molar-refractivity contribution in [1.82, 2.24) is 5.32 Å². The molecule has 2 unspecified atom stereocenters. The molecule has 1 aromatic rings. The quantitative estimate of drug-likeness (QED) is 0.662. The molecule has 18 heavy (non-hydrogen) atoms. The first-order chi connectivity index (χ1) is 8.63. The first kappa shape index (κ1) is 13.0. The molecule has 0 heterocycles. The second kappa shape index (κ2) is 5.44. The topological polar surface area (TPSA) is 55.2 Å². The molecule has 0 spiro atoms. The molecule has 1 aliphatic rings. The lowest BCUT2D eigenvalue weighted by atomic mass is 9.94. The van der Waals surface area contributed by atoms with Crippen molar-refractivity contribution in [2.24, 2.45) is 5.92 Å². The van der Waals surface area contributed by atoms with Crippen LogP contribution in [0.3, 0.4) is 0 Å². The third-order valence-electron chi connectivity index (χ3n) is 3.77. The number of nitrogens with zero attached hydrogens (tertiary/aromatic N) is 1. The summed E-state index contributed by atoms with van der Waals surface area (Å²) in [6, 6.07) is 4.81. The molecule has 4 nitrogen and oxygen atoms in total. The van der Waals surface area contributed by atoms with E-state index in [0.29, 0.717) is 23.9 Å². The summed E-state index contributed by atoms with van der Waals surface area (Å²) in [5.41, 5.74) is 0.0304. The normalized spacial score (nSPS) is 23.2. The highest BCUT2D eigenvalue weighted by atomic mass is 19.1. The molecule has 1 N–H and O–H groups in total. The van der Waals surface area contributed by atoms with Gasteiger partial charge in [-0.05, 0) is 37.8 Å². The Hall–Kier alpha value is -1.49. The SMILES string of the molecule is CNC1CCCC1Cc1cccc([N+](=O)[O-])c1F. The summed E-state index contributed by atoms with van der Waals surface area (Å²) in [5.74, 6) is -0.309. The maximum absolute atomic E-state index is 13.9. The van der Waals surface area contributed by atoms with Gasteiger partial charge in [-0.3, -0.25) is 10.1 Å². The van der Waals surface area contributed by atoms with E-state index in [4.69, 9.17) is 0 Å². The van der Waals surface area contributed by atoms with Gasteiger partial charge in [-0.25, -0.2) is 0 Å². The van der Waals surface area contributed by atoms with Gasteiger partial charge >= 0.3 is 5.69 Å². The fourth-order valence-corrected chi connectivity index (χ4v) is 2.81. The van der Waals surface area contributed by atoms with Gasteiger partial charge in [-0.1, -0.05) is 18.6 Å².